The fraction of sp³-hybridized carbons (Fsp3) is 0.182. The van der Waals surface area contributed by atoms with Crippen molar-refractivity contribution >= 4 is 17.7 Å². The number of carbonyl (C=O) groups is 1. The molecule has 0 unspecified atom stereocenters. The standard InChI is InChI=1S/C11H12N4O3S/c1-6-4-8(16)14-11(13-6)19-5-7-2-3-18-9(7)10(17)15-12/h2-4H,5,12H2,1H3,(H,15,17)(H,13,14,16). The Bertz CT molecular complexity index is 649. The molecule has 4 N–H and O–H groups in total. The molecule has 2 heterocycles. The molecule has 7 nitrogen and oxygen atoms in total. The van der Waals surface area contributed by atoms with Gasteiger partial charge in [-0.15, -0.1) is 0 Å². The van der Waals surface area contributed by atoms with E-state index in [-0.39, 0.29) is 11.3 Å². The number of nitrogen functional groups attached to an aromatic ring is 1. The number of furan rings is 1. The molecule has 2 aromatic heterocycles. The number of nitrogens with zero attached hydrogens (tertiary/aromatic N) is 1. The van der Waals surface area contributed by atoms with Gasteiger partial charge in [-0.25, -0.2) is 10.8 Å². The smallest absolute Gasteiger partial charge is 0.301 e. The number of aryl methyl sites for hydroxylation is 1. The molecule has 0 radical (unpaired) electrons. The topological polar surface area (TPSA) is 114 Å². The number of rotatable bonds is 4. The number of aromatic nitrogens is 2. The summed E-state index contributed by atoms with van der Waals surface area (Å²) in [6.45, 7) is 1.74. The molecule has 0 saturated carbocycles. The first-order chi connectivity index (χ1) is 9.10. The molecule has 8 heteroatoms. The number of H-pyrrole nitrogens is 1. The minimum Gasteiger partial charge on any atom is -0.459 e. The monoisotopic (exact) mass is 280 g/mol. The average molecular weight is 280 g/mol. The number of amides is 1. The largest absolute Gasteiger partial charge is 0.459 e. The van der Waals surface area contributed by atoms with Crippen molar-refractivity contribution in [3.63, 3.8) is 0 Å². The Morgan fingerprint density at radius 2 is 2.42 bits per heavy atom. The normalized spacial score (nSPS) is 10.4. The van der Waals surface area contributed by atoms with E-state index in [0.717, 1.165) is 0 Å². The van der Waals surface area contributed by atoms with Gasteiger partial charge in [-0.05, 0) is 13.0 Å². The van der Waals surface area contributed by atoms with Crippen LogP contribution in [0.1, 0.15) is 21.8 Å². The summed E-state index contributed by atoms with van der Waals surface area (Å²) >= 11 is 1.30. The van der Waals surface area contributed by atoms with Crippen LogP contribution in [0.15, 0.2) is 32.8 Å². The molecular formula is C11H12N4O3S. The highest BCUT2D eigenvalue weighted by Crippen LogP contribution is 2.21. The summed E-state index contributed by atoms with van der Waals surface area (Å²) in [5.74, 6) is 5.15. The molecule has 2 rings (SSSR count). The maximum Gasteiger partial charge on any atom is 0.301 e. The number of nitrogens with one attached hydrogen (secondary N) is 2. The highest BCUT2D eigenvalue weighted by molar-refractivity contribution is 7.98. The van der Waals surface area contributed by atoms with Crippen molar-refractivity contribution in [3.8, 4) is 0 Å². The molecular weight excluding hydrogens is 268 g/mol. The summed E-state index contributed by atoms with van der Waals surface area (Å²) in [6, 6.07) is 3.08. The third kappa shape index (κ3) is 3.24. The summed E-state index contributed by atoms with van der Waals surface area (Å²) in [4.78, 5) is 29.5. The zero-order valence-corrected chi connectivity index (χ0v) is 10.9. The lowest BCUT2D eigenvalue weighted by atomic mass is 10.3. The molecule has 0 spiro atoms. The maximum atomic E-state index is 11.4. The third-order valence-electron chi connectivity index (χ3n) is 2.30. The number of thioether (sulfide) groups is 1. The predicted octanol–water partition coefficient (Wildman–Crippen LogP) is 0.567. The molecule has 19 heavy (non-hydrogen) atoms. The van der Waals surface area contributed by atoms with Gasteiger partial charge in [0.25, 0.3) is 5.56 Å². The second-order valence-electron chi connectivity index (χ2n) is 3.73. The molecule has 0 aliphatic rings. The van der Waals surface area contributed by atoms with Crippen LogP contribution in [-0.4, -0.2) is 15.9 Å². The van der Waals surface area contributed by atoms with Crippen molar-refractivity contribution in [2.75, 3.05) is 0 Å². The summed E-state index contributed by atoms with van der Waals surface area (Å²) in [7, 11) is 0. The van der Waals surface area contributed by atoms with Crippen LogP contribution in [-0.2, 0) is 5.75 Å². The Balaban J connectivity index is 2.12. The van der Waals surface area contributed by atoms with E-state index >= 15 is 0 Å². The first kappa shape index (κ1) is 13.4. The van der Waals surface area contributed by atoms with Gasteiger partial charge >= 0.3 is 5.91 Å². The van der Waals surface area contributed by atoms with Crippen LogP contribution < -0.4 is 16.8 Å². The fourth-order valence-electron chi connectivity index (χ4n) is 1.48. The van der Waals surface area contributed by atoms with E-state index in [0.29, 0.717) is 22.2 Å². The van der Waals surface area contributed by atoms with Crippen molar-refractivity contribution in [2.24, 2.45) is 5.84 Å². The zero-order chi connectivity index (χ0) is 13.8. The quantitative estimate of drug-likeness (QED) is 0.248. The Labute approximate surface area is 112 Å². The summed E-state index contributed by atoms with van der Waals surface area (Å²) in [6.07, 6.45) is 1.41. The van der Waals surface area contributed by atoms with Crippen molar-refractivity contribution in [2.45, 2.75) is 17.8 Å². The molecule has 100 valence electrons. The molecule has 0 saturated heterocycles. The van der Waals surface area contributed by atoms with Crippen LogP contribution in [0, 0.1) is 6.92 Å². The number of hydrazine groups is 1. The lowest BCUT2D eigenvalue weighted by molar-refractivity contribution is 0.0925. The molecule has 0 fully saturated rings. The molecule has 0 atom stereocenters. The van der Waals surface area contributed by atoms with Gasteiger partial charge in [-0.1, -0.05) is 11.8 Å². The number of hydrogen-bond acceptors (Lipinski definition) is 6. The van der Waals surface area contributed by atoms with Gasteiger partial charge in [0.15, 0.2) is 10.9 Å². The summed E-state index contributed by atoms with van der Waals surface area (Å²) < 4.78 is 5.06. The number of carbonyl (C=O) groups excluding carboxylic acids is 1. The second kappa shape index (κ2) is 5.72. The highest BCUT2D eigenvalue weighted by atomic mass is 32.2. The SMILES string of the molecule is Cc1cc(=O)[nH]c(SCc2ccoc2C(=O)NN)n1. The van der Waals surface area contributed by atoms with E-state index in [1.165, 1.54) is 24.1 Å². The zero-order valence-electron chi connectivity index (χ0n) is 10.1. The number of nitrogens with two attached hydrogens (primary N) is 1. The molecule has 0 bridgehead atoms. The van der Waals surface area contributed by atoms with Crippen molar-refractivity contribution in [3.05, 3.63) is 45.8 Å². The van der Waals surface area contributed by atoms with Crippen LogP contribution in [0.25, 0.3) is 0 Å². The van der Waals surface area contributed by atoms with Crippen LogP contribution in [0.2, 0.25) is 0 Å². The minimum atomic E-state index is -0.494. The summed E-state index contributed by atoms with van der Waals surface area (Å²) in [5, 5.41) is 0.491. The van der Waals surface area contributed by atoms with E-state index in [1.54, 1.807) is 13.0 Å². The van der Waals surface area contributed by atoms with Gasteiger partial charge in [0.05, 0.1) is 6.26 Å². The van der Waals surface area contributed by atoms with Crippen LogP contribution >= 0.6 is 11.8 Å². The average Bonchev–Trinajstić information content (AvgIpc) is 2.82. The van der Waals surface area contributed by atoms with Gasteiger partial charge < -0.3 is 9.40 Å². The Kier molecular flexibility index (Phi) is 4.03. The van der Waals surface area contributed by atoms with E-state index in [1.807, 2.05) is 5.43 Å². The minimum absolute atomic E-state index is 0.157. The molecule has 0 aliphatic heterocycles. The van der Waals surface area contributed by atoms with Crippen molar-refractivity contribution in [1.29, 1.82) is 0 Å². The lowest BCUT2D eigenvalue weighted by Crippen LogP contribution is -2.30. The van der Waals surface area contributed by atoms with Gasteiger partial charge in [-0.2, -0.15) is 0 Å². The van der Waals surface area contributed by atoms with Crippen LogP contribution in [0.5, 0.6) is 0 Å². The first-order valence-corrected chi connectivity index (χ1v) is 6.37. The van der Waals surface area contributed by atoms with Gasteiger partial charge in [-0.3, -0.25) is 15.0 Å². The first-order valence-electron chi connectivity index (χ1n) is 5.38. The highest BCUT2D eigenvalue weighted by Gasteiger charge is 2.14. The van der Waals surface area contributed by atoms with Gasteiger partial charge in [0, 0.05) is 23.1 Å². The Morgan fingerprint density at radius 1 is 1.63 bits per heavy atom. The van der Waals surface area contributed by atoms with Crippen molar-refractivity contribution < 1.29 is 9.21 Å². The molecule has 0 aromatic carbocycles. The van der Waals surface area contributed by atoms with Gasteiger partial charge in [0.1, 0.15) is 0 Å². The summed E-state index contributed by atoms with van der Waals surface area (Å²) in [5.41, 5.74) is 3.12. The second-order valence-corrected chi connectivity index (χ2v) is 4.69. The van der Waals surface area contributed by atoms with E-state index in [4.69, 9.17) is 10.3 Å². The maximum absolute atomic E-state index is 11.4. The molecule has 0 aliphatic carbocycles. The fourth-order valence-corrected chi connectivity index (χ4v) is 2.38. The molecule has 2 aromatic rings. The number of aromatic amines is 1. The van der Waals surface area contributed by atoms with E-state index < -0.39 is 5.91 Å². The lowest BCUT2D eigenvalue weighted by Gasteiger charge is -2.02. The van der Waals surface area contributed by atoms with Crippen LogP contribution in [0.4, 0.5) is 0 Å². The van der Waals surface area contributed by atoms with Gasteiger partial charge in [0.2, 0.25) is 0 Å². The van der Waals surface area contributed by atoms with Crippen LogP contribution in [0.3, 0.4) is 0 Å². The molecule has 1 amide bonds. The number of hydrogen-bond donors (Lipinski definition) is 3. The Morgan fingerprint density at radius 3 is 3.11 bits per heavy atom. The third-order valence-corrected chi connectivity index (χ3v) is 3.22. The van der Waals surface area contributed by atoms with Crippen molar-refractivity contribution in [1.82, 2.24) is 15.4 Å². The Hall–Kier alpha value is -2.06. The van der Waals surface area contributed by atoms with E-state index in [9.17, 15) is 9.59 Å². The van der Waals surface area contributed by atoms with E-state index in [2.05, 4.69) is 9.97 Å². The predicted molar refractivity (Wildman–Crippen MR) is 69.5 cm³/mol.